The summed E-state index contributed by atoms with van der Waals surface area (Å²) in [5.74, 6) is -0.796. The summed E-state index contributed by atoms with van der Waals surface area (Å²) in [7, 11) is 0. The van der Waals surface area contributed by atoms with Crippen molar-refractivity contribution in [3.05, 3.63) is 95.1 Å². The van der Waals surface area contributed by atoms with E-state index in [4.69, 9.17) is 4.74 Å². The third-order valence-corrected chi connectivity index (χ3v) is 4.57. The molecule has 2 N–H and O–H groups in total. The maximum atomic E-state index is 12.7. The van der Waals surface area contributed by atoms with E-state index in [1.54, 1.807) is 24.3 Å². The standard InChI is InChI=1S/C25H22F3N3O3/c1-17-4-2-5-19(12-17)16-34-22-10-8-18(9-11-22)15-29-31-24(33)14-23(32)30-21-7-3-6-20(13-21)25(26,27)28/h2-13,15H,14,16H2,1H3,(H,30,32)(H,31,33). The van der Waals surface area contributed by atoms with Gasteiger partial charge in [-0.3, -0.25) is 9.59 Å². The van der Waals surface area contributed by atoms with Gasteiger partial charge in [0, 0.05) is 5.69 Å². The number of carbonyl (C=O) groups excluding carboxylic acids is 2. The molecule has 0 aliphatic heterocycles. The minimum Gasteiger partial charge on any atom is -0.489 e. The lowest BCUT2D eigenvalue weighted by Crippen LogP contribution is -2.24. The Hall–Kier alpha value is -4.14. The Morgan fingerprint density at radius 2 is 1.71 bits per heavy atom. The first-order valence-electron chi connectivity index (χ1n) is 10.3. The SMILES string of the molecule is Cc1cccc(COc2ccc(C=NNC(=O)CC(=O)Nc3cccc(C(F)(F)F)c3)cc2)c1. The number of amides is 2. The number of benzene rings is 3. The second kappa shape index (κ2) is 11.1. The fourth-order valence-electron chi connectivity index (χ4n) is 2.96. The van der Waals surface area contributed by atoms with Crippen molar-refractivity contribution < 1.29 is 27.5 Å². The van der Waals surface area contributed by atoms with Crippen LogP contribution in [0.5, 0.6) is 5.75 Å². The second-order valence-corrected chi connectivity index (χ2v) is 7.44. The molecule has 176 valence electrons. The van der Waals surface area contributed by atoms with Crippen LogP contribution in [-0.4, -0.2) is 18.0 Å². The Balaban J connectivity index is 1.44. The number of hydrazone groups is 1. The van der Waals surface area contributed by atoms with Gasteiger partial charge in [-0.25, -0.2) is 5.43 Å². The monoisotopic (exact) mass is 469 g/mol. The molecule has 3 aromatic carbocycles. The van der Waals surface area contributed by atoms with Gasteiger partial charge < -0.3 is 10.1 Å². The van der Waals surface area contributed by atoms with Gasteiger partial charge in [0.2, 0.25) is 11.8 Å². The molecular formula is C25H22F3N3O3. The van der Waals surface area contributed by atoms with Gasteiger partial charge in [-0.15, -0.1) is 0 Å². The van der Waals surface area contributed by atoms with Crippen LogP contribution in [0, 0.1) is 6.92 Å². The number of carbonyl (C=O) groups is 2. The molecule has 0 atom stereocenters. The van der Waals surface area contributed by atoms with Gasteiger partial charge in [0.15, 0.2) is 0 Å². The molecule has 0 bridgehead atoms. The second-order valence-electron chi connectivity index (χ2n) is 7.44. The van der Waals surface area contributed by atoms with Crippen molar-refractivity contribution in [2.24, 2.45) is 5.10 Å². The number of hydrogen-bond donors (Lipinski definition) is 2. The minimum atomic E-state index is -4.53. The summed E-state index contributed by atoms with van der Waals surface area (Å²) < 4.78 is 44.0. The van der Waals surface area contributed by atoms with Crippen LogP contribution in [0.3, 0.4) is 0 Å². The highest BCUT2D eigenvalue weighted by Gasteiger charge is 2.30. The van der Waals surface area contributed by atoms with Crippen molar-refractivity contribution in [3.63, 3.8) is 0 Å². The lowest BCUT2D eigenvalue weighted by Gasteiger charge is -2.09. The van der Waals surface area contributed by atoms with E-state index < -0.39 is 30.0 Å². The zero-order valence-corrected chi connectivity index (χ0v) is 18.2. The molecule has 0 unspecified atom stereocenters. The first-order valence-corrected chi connectivity index (χ1v) is 10.3. The number of ether oxygens (including phenoxy) is 1. The molecule has 0 aliphatic carbocycles. The van der Waals surface area contributed by atoms with Crippen molar-refractivity contribution in [1.82, 2.24) is 5.43 Å². The van der Waals surface area contributed by atoms with Gasteiger partial charge in [-0.2, -0.15) is 18.3 Å². The fraction of sp³-hybridized carbons (Fsp3) is 0.160. The van der Waals surface area contributed by atoms with Gasteiger partial charge >= 0.3 is 6.18 Å². The van der Waals surface area contributed by atoms with Gasteiger partial charge in [0.1, 0.15) is 18.8 Å². The maximum Gasteiger partial charge on any atom is 0.416 e. The summed E-state index contributed by atoms with van der Waals surface area (Å²) in [5, 5.41) is 6.05. The van der Waals surface area contributed by atoms with E-state index in [0.29, 0.717) is 17.9 Å². The van der Waals surface area contributed by atoms with E-state index in [-0.39, 0.29) is 5.69 Å². The average Bonchev–Trinajstić information content (AvgIpc) is 2.78. The first-order chi connectivity index (χ1) is 16.2. The summed E-state index contributed by atoms with van der Waals surface area (Å²) in [6.07, 6.45) is -3.73. The quantitative estimate of drug-likeness (QED) is 0.275. The van der Waals surface area contributed by atoms with E-state index in [0.717, 1.165) is 23.3 Å². The number of nitrogens with zero attached hydrogens (tertiary/aromatic N) is 1. The van der Waals surface area contributed by atoms with E-state index in [9.17, 15) is 22.8 Å². The Kier molecular flexibility index (Phi) is 8.02. The van der Waals surface area contributed by atoms with Crippen LogP contribution in [0.15, 0.2) is 77.9 Å². The molecule has 0 aromatic heterocycles. The largest absolute Gasteiger partial charge is 0.489 e. The Labute approximate surface area is 194 Å². The highest BCUT2D eigenvalue weighted by atomic mass is 19.4. The number of anilines is 1. The number of halogens is 3. The molecule has 0 saturated carbocycles. The minimum absolute atomic E-state index is 0.0548. The molecule has 0 saturated heterocycles. The third-order valence-electron chi connectivity index (χ3n) is 4.57. The molecule has 9 heteroatoms. The Bertz CT molecular complexity index is 1180. The number of alkyl halides is 3. The number of nitrogens with one attached hydrogen (secondary N) is 2. The predicted octanol–water partition coefficient (Wildman–Crippen LogP) is 5.07. The van der Waals surface area contributed by atoms with Crippen LogP contribution >= 0.6 is 0 Å². The lowest BCUT2D eigenvalue weighted by atomic mass is 10.1. The van der Waals surface area contributed by atoms with Crippen molar-refractivity contribution in [1.29, 1.82) is 0 Å². The van der Waals surface area contributed by atoms with E-state index >= 15 is 0 Å². The van der Waals surface area contributed by atoms with E-state index in [2.05, 4.69) is 15.8 Å². The molecule has 0 radical (unpaired) electrons. The zero-order valence-electron chi connectivity index (χ0n) is 18.2. The van der Waals surface area contributed by atoms with Crippen LogP contribution in [0.4, 0.5) is 18.9 Å². The molecule has 0 aliphatic rings. The number of aryl methyl sites for hydroxylation is 1. The maximum absolute atomic E-state index is 12.7. The van der Waals surface area contributed by atoms with Crippen LogP contribution in [0.25, 0.3) is 0 Å². The summed E-state index contributed by atoms with van der Waals surface area (Å²) >= 11 is 0. The van der Waals surface area contributed by atoms with E-state index in [1.165, 1.54) is 18.3 Å². The third kappa shape index (κ3) is 7.77. The zero-order chi connectivity index (χ0) is 24.6. The Morgan fingerprint density at radius 1 is 0.971 bits per heavy atom. The van der Waals surface area contributed by atoms with Gasteiger partial charge in [0.05, 0.1) is 11.8 Å². The van der Waals surface area contributed by atoms with Crippen LogP contribution in [0.1, 0.15) is 28.7 Å². The molecular weight excluding hydrogens is 447 g/mol. The first kappa shape index (κ1) is 24.5. The average molecular weight is 469 g/mol. The topological polar surface area (TPSA) is 79.8 Å². The molecule has 6 nitrogen and oxygen atoms in total. The van der Waals surface area contributed by atoms with Crippen LogP contribution < -0.4 is 15.5 Å². The number of rotatable bonds is 8. The summed E-state index contributed by atoms with van der Waals surface area (Å²) in [6.45, 7) is 2.45. The summed E-state index contributed by atoms with van der Waals surface area (Å²) in [6, 6.07) is 19.2. The molecule has 0 fully saturated rings. The molecule has 3 rings (SSSR count). The predicted molar refractivity (Wildman–Crippen MR) is 122 cm³/mol. The van der Waals surface area contributed by atoms with Crippen molar-refractivity contribution >= 4 is 23.7 Å². The summed E-state index contributed by atoms with van der Waals surface area (Å²) in [5.41, 5.74) is 4.16. The highest BCUT2D eigenvalue weighted by Crippen LogP contribution is 2.30. The smallest absolute Gasteiger partial charge is 0.416 e. The van der Waals surface area contributed by atoms with Crippen LogP contribution in [0.2, 0.25) is 0 Å². The lowest BCUT2D eigenvalue weighted by molar-refractivity contribution is -0.137. The molecule has 34 heavy (non-hydrogen) atoms. The highest BCUT2D eigenvalue weighted by molar-refractivity contribution is 6.03. The number of hydrogen-bond acceptors (Lipinski definition) is 4. The van der Waals surface area contributed by atoms with Gasteiger partial charge in [-0.05, 0) is 60.5 Å². The molecule has 3 aromatic rings. The summed E-state index contributed by atoms with van der Waals surface area (Å²) in [4.78, 5) is 23.8. The van der Waals surface area contributed by atoms with Gasteiger partial charge in [0.25, 0.3) is 0 Å². The van der Waals surface area contributed by atoms with Crippen molar-refractivity contribution in [2.45, 2.75) is 26.1 Å². The molecule has 2 amide bonds. The molecule has 0 heterocycles. The van der Waals surface area contributed by atoms with Crippen LogP contribution in [-0.2, 0) is 22.4 Å². The van der Waals surface area contributed by atoms with Gasteiger partial charge in [-0.1, -0.05) is 35.9 Å². The Morgan fingerprint density at radius 3 is 2.41 bits per heavy atom. The normalized spacial score (nSPS) is 11.3. The van der Waals surface area contributed by atoms with E-state index in [1.807, 2.05) is 31.2 Å². The fourth-order valence-corrected chi connectivity index (χ4v) is 2.96. The van der Waals surface area contributed by atoms with Crippen molar-refractivity contribution in [3.8, 4) is 5.75 Å². The van der Waals surface area contributed by atoms with Crippen molar-refractivity contribution in [2.75, 3.05) is 5.32 Å². The molecule has 0 spiro atoms.